The molecule has 0 fully saturated rings. The van der Waals surface area contributed by atoms with Crippen LogP contribution in [0.25, 0.3) is 0 Å². The van der Waals surface area contributed by atoms with Crippen LogP contribution in [-0.4, -0.2) is 27.5 Å². The third-order valence-electron chi connectivity index (χ3n) is 4.54. The van der Waals surface area contributed by atoms with Gasteiger partial charge in [0.15, 0.2) is 5.54 Å². The summed E-state index contributed by atoms with van der Waals surface area (Å²) in [7, 11) is 0. The molecule has 0 saturated carbocycles. The van der Waals surface area contributed by atoms with Crippen LogP contribution in [0.4, 0.5) is 5.69 Å². The van der Waals surface area contributed by atoms with Crippen molar-refractivity contribution in [1.29, 1.82) is 0 Å². The molecule has 2 aliphatic rings. The number of carbonyl (C=O) groups excluding carboxylic acids is 2. The van der Waals surface area contributed by atoms with Crippen LogP contribution in [-0.2, 0) is 15.1 Å². The van der Waals surface area contributed by atoms with Crippen LogP contribution in [0.5, 0.6) is 0 Å². The second-order valence-electron chi connectivity index (χ2n) is 5.88. The number of aromatic nitrogens is 1. The normalized spacial score (nSPS) is 21.6. The Morgan fingerprint density at radius 2 is 2.12 bits per heavy atom. The summed E-state index contributed by atoms with van der Waals surface area (Å²) in [6, 6.07) is 11.2. The lowest BCUT2D eigenvalue weighted by Gasteiger charge is -2.30. The van der Waals surface area contributed by atoms with Crippen LogP contribution < -0.4 is 5.32 Å². The number of carbonyl (C=O) groups is 2. The molecule has 1 aromatic carbocycles. The second kappa shape index (κ2) is 5.26. The largest absolute Gasteiger partial charge is 0.323 e. The number of fused-ring (bicyclic) bond motifs is 2. The van der Waals surface area contributed by atoms with E-state index in [4.69, 9.17) is 0 Å². The first-order chi connectivity index (χ1) is 11.7. The smallest absolute Gasteiger partial charge is 0.257 e. The maximum Gasteiger partial charge on any atom is 0.257 e. The van der Waals surface area contributed by atoms with E-state index in [1.54, 1.807) is 19.3 Å². The van der Waals surface area contributed by atoms with Crippen molar-refractivity contribution >= 4 is 23.2 Å². The van der Waals surface area contributed by atoms with E-state index in [2.05, 4.69) is 15.4 Å². The average Bonchev–Trinajstić information content (AvgIpc) is 3.16. The van der Waals surface area contributed by atoms with Crippen molar-refractivity contribution in [3.05, 3.63) is 59.9 Å². The summed E-state index contributed by atoms with van der Waals surface area (Å²) in [6.45, 7) is 1.77. The first kappa shape index (κ1) is 14.6. The first-order valence-electron chi connectivity index (χ1n) is 7.88. The van der Waals surface area contributed by atoms with Gasteiger partial charge in [-0.25, -0.2) is 5.01 Å². The molecule has 24 heavy (non-hydrogen) atoms. The lowest BCUT2D eigenvalue weighted by atomic mass is 9.85. The molecule has 1 spiro atoms. The maximum absolute atomic E-state index is 12.9. The summed E-state index contributed by atoms with van der Waals surface area (Å²) in [4.78, 5) is 29.5. The minimum atomic E-state index is -1.10. The number of nitrogens with zero attached hydrogens (tertiary/aromatic N) is 3. The summed E-state index contributed by atoms with van der Waals surface area (Å²) in [5, 5.41) is 8.76. The maximum atomic E-state index is 12.9. The van der Waals surface area contributed by atoms with Gasteiger partial charge in [-0.15, -0.1) is 0 Å². The molecule has 1 aromatic heterocycles. The standard InChI is InChI=1S/C18H16N4O2/c1-2-16(23)22-18(10-15(21-22)12-6-5-9-19-11-12)13-7-3-4-8-14(13)20-17(18)24/h3-9,11H,2,10H2,1H3,(H,20,24)/t18-/m0/s1. The average molecular weight is 320 g/mol. The van der Waals surface area contributed by atoms with E-state index in [1.165, 1.54) is 5.01 Å². The van der Waals surface area contributed by atoms with E-state index in [0.29, 0.717) is 12.1 Å². The fourth-order valence-electron chi connectivity index (χ4n) is 3.36. The quantitative estimate of drug-likeness (QED) is 0.922. The highest BCUT2D eigenvalue weighted by molar-refractivity contribution is 6.14. The van der Waals surface area contributed by atoms with E-state index in [-0.39, 0.29) is 18.2 Å². The number of amides is 2. The third kappa shape index (κ3) is 1.89. The van der Waals surface area contributed by atoms with Crippen LogP contribution in [0.1, 0.15) is 30.9 Å². The monoisotopic (exact) mass is 320 g/mol. The molecular formula is C18H16N4O2. The second-order valence-corrected chi connectivity index (χ2v) is 5.88. The molecule has 0 saturated heterocycles. The number of para-hydroxylation sites is 1. The van der Waals surface area contributed by atoms with Crippen molar-refractivity contribution in [2.24, 2.45) is 5.10 Å². The van der Waals surface area contributed by atoms with Gasteiger partial charge in [-0.3, -0.25) is 14.6 Å². The summed E-state index contributed by atoms with van der Waals surface area (Å²) < 4.78 is 0. The first-order valence-corrected chi connectivity index (χ1v) is 7.88. The predicted molar refractivity (Wildman–Crippen MR) is 89.3 cm³/mol. The van der Waals surface area contributed by atoms with Crippen molar-refractivity contribution in [3.8, 4) is 0 Å². The van der Waals surface area contributed by atoms with Crippen molar-refractivity contribution in [1.82, 2.24) is 9.99 Å². The van der Waals surface area contributed by atoms with Gasteiger partial charge in [-0.05, 0) is 12.1 Å². The predicted octanol–water partition coefficient (Wildman–Crippen LogP) is 2.28. The molecule has 0 unspecified atom stereocenters. The van der Waals surface area contributed by atoms with Crippen LogP contribution in [0.3, 0.4) is 0 Å². The summed E-state index contributed by atoms with van der Waals surface area (Å²) in [5.41, 5.74) is 1.94. The van der Waals surface area contributed by atoms with E-state index in [9.17, 15) is 9.59 Å². The molecule has 4 rings (SSSR count). The molecule has 3 heterocycles. The highest BCUT2D eigenvalue weighted by Crippen LogP contribution is 2.47. The van der Waals surface area contributed by atoms with Gasteiger partial charge in [0.2, 0.25) is 5.91 Å². The summed E-state index contributed by atoms with van der Waals surface area (Å²) in [6.07, 6.45) is 4.00. The van der Waals surface area contributed by atoms with E-state index < -0.39 is 5.54 Å². The van der Waals surface area contributed by atoms with Gasteiger partial charge in [-0.1, -0.05) is 31.2 Å². The number of pyridine rings is 1. The molecule has 2 amide bonds. The Kier molecular flexibility index (Phi) is 3.19. The van der Waals surface area contributed by atoms with Gasteiger partial charge in [0, 0.05) is 42.0 Å². The Labute approximate surface area is 139 Å². The van der Waals surface area contributed by atoms with Gasteiger partial charge in [0.25, 0.3) is 5.91 Å². The lowest BCUT2D eigenvalue weighted by molar-refractivity contribution is -0.143. The zero-order chi connectivity index (χ0) is 16.7. The minimum Gasteiger partial charge on any atom is -0.323 e. The summed E-state index contributed by atoms with van der Waals surface area (Å²) in [5.74, 6) is -0.395. The van der Waals surface area contributed by atoms with Crippen molar-refractivity contribution in [3.63, 3.8) is 0 Å². The molecule has 6 heteroatoms. The van der Waals surface area contributed by atoms with Crippen LogP contribution in [0, 0.1) is 0 Å². The Hall–Kier alpha value is -3.02. The van der Waals surface area contributed by atoms with Crippen LogP contribution in [0.15, 0.2) is 53.9 Å². The van der Waals surface area contributed by atoms with E-state index in [1.807, 2.05) is 36.4 Å². The Balaban J connectivity index is 1.87. The van der Waals surface area contributed by atoms with E-state index in [0.717, 1.165) is 16.8 Å². The fraction of sp³-hybridized carbons (Fsp3) is 0.222. The number of rotatable bonds is 2. The van der Waals surface area contributed by atoms with Crippen LogP contribution in [0.2, 0.25) is 0 Å². The number of hydrogen-bond donors (Lipinski definition) is 1. The van der Waals surface area contributed by atoms with Gasteiger partial charge < -0.3 is 5.32 Å². The van der Waals surface area contributed by atoms with Crippen molar-refractivity contribution in [2.45, 2.75) is 25.3 Å². The molecule has 2 aliphatic heterocycles. The SMILES string of the molecule is CCC(=O)N1N=C(c2cccnc2)C[C@]12C(=O)Nc1ccccc12. The number of hydrazone groups is 1. The highest BCUT2D eigenvalue weighted by atomic mass is 16.2. The van der Waals surface area contributed by atoms with Gasteiger partial charge >= 0.3 is 0 Å². The molecule has 6 nitrogen and oxygen atoms in total. The number of nitrogens with one attached hydrogen (secondary N) is 1. The number of benzene rings is 1. The lowest BCUT2D eigenvalue weighted by Crippen LogP contribution is -2.48. The molecular weight excluding hydrogens is 304 g/mol. The Morgan fingerprint density at radius 1 is 1.29 bits per heavy atom. The van der Waals surface area contributed by atoms with Crippen LogP contribution >= 0.6 is 0 Å². The Morgan fingerprint density at radius 3 is 2.88 bits per heavy atom. The molecule has 0 radical (unpaired) electrons. The zero-order valence-corrected chi connectivity index (χ0v) is 13.2. The van der Waals surface area contributed by atoms with Gasteiger partial charge in [0.05, 0.1) is 5.71 Å². The molecule has 120 valence electrons. The minimum absolute atomic E-state index is 0.180. The van der Waals surface area contributed by atoms with Gasteiger partial charge in [-0.2, -0.15) is 5.10 Å². The Bertz CT molecular complexity index is 862. The third-order valence-corrected chi connectivity index (χ3v) is 4.54. The molecule has 1 N–H and O–H groups in total. The highest BCUT2D eigenvalue weighted by Gasteiger charge is 2.57. The van der Waals surface area contributed by atoms with Gasteiger partial charge in [0.1, 0.15) is 0 Å². The zero-order valence-electron chi connectivity index (χ0n) is 13.2. The van der Waals surface area contributed by atoms with Crippen molar-refractivity contribution < 1.29 is 9.59 Å². The molecule has 1 atom stereocenters. The molecule has 0 aliphatic carbocycles. The summed E-state index contributed by atoms with van der Waals surface area (Å²) >= 11 is 0. The molecule has 0 bridgehead atoms. The van der Waals surface area contributed by atoms with E-state index >= 15 is 0 Å². The number of hydrogen-bond acceptors (Lipinski definition) is 4. The number of anilines is 1. The topological polar surface area (TPSA) is 74.7 Å². The fourth-order valence-corrected chi connectivity index (χ4v) is 3.36. The molecule has 2 aromatic rings. The van der Waals surface area contributed by atoms with Crippen molar-refractivity contribution in [2.75, 3.05) is 5.32 Å².